The van der Waals surface area contributed by atoms with Crippen molar-refractivity contribution in [3.8, 4) is 11.5 Å². The number of hydrogen-bond donors (Lipinski definition) is 1. The van der Waals surface area contributed by atoms with Gasteiger partial charge in [0, 0.05) is 16.4 Å². The Balaban J connectivity index is 1.82. The molecular weight excluding hydrogens is 419 g/mol. The van der Waals surface area contributed by atoms with Gasteiger partial charge in [0.05, 0.1) is 10.6 Å². The van der Waals surface area contributed by atoms with Crippen molar-refractivity contribution in [3.63, 3.8) is 0 Å². The number of aryl methyl sites for hydroxylation is 1. The van der Waals surface area contributed by atoms with Gasteiger partial charge in [-0.3, -0.25) is 4.79 Å². The number of fused-ring (bicyclic) bond motifs is 2. The summed E-state index contributed by atoms with van der Waals surface area (Å²) >= 11 is 12.2. The van der Waals surface area contributed by atoms with Crippen LogP contribution in [0.5, 0.6) is 11.5 Å². The number of halogens is 2. The normalized spacial score (nSPS) is 25.0. The number of Topliss-reactive ketones (excluding diaryl/α,β-unsaturated/α-hetero) is 1. The third-order valence-corrected chi connectivity index (χ3v) is 7.93. The number of allylic oxidation sites excluding steroid dienone is 2. The van der Waals surface area contributed by atoms with Crippen LogP contribution in [0.25, 0.3) is 5.57 Å². The van der Waals surface area contributed by atoms with Crippen molar-refractivity contribution >= 4 is 34.6 Å². The molecule has 1 saturated carbocycles. The van der Waals surface area contributed by atoms with Crippen molar-refractivity contribution in [2.75, 3.05) is 0 Å². The second kappa shape index (κ2) is 7.32. The molecule has 2 aliphatic carbocycles. The highest BCUT2D eigenvalue weighted by Crippen LogP contribution is 2.64. The minimum atomic E-state index is -0.414. The maximum atomic E-state index is 13.5. The van der Waals surface area contributed by atoms with Crippen molar-refractivity contribution < 1.29 is 14.6 Å². The average molecular weight is 445 g/mol. The Bertz CT molecular complexity index is 1070. The highest BCUT2D eigenvalue weighted by atomic mass is 35.5. The Hall–Kier alpha value is -1.97. The Morgan fingerprint density at radius 1 is 1.13 bits per heavy atom. The number of carbonyl (C=O) groups excluding carboxylic acids is 1. The SMILES string of the molecule is CCc1ccc(Oc2ccc(Cl)cc2Cl)cc1C1=C(O)[C@@]2(C)CC[C@H](C1=O)C2(C)C. The molecule has 0 aromatic heterocycles. The third kappa shape index (κ3) is 3.06. The number of rotatable bonds is 4. The molecule has 0 heterocycles. The lowest BCUT2D eigenvalue weighted by Crippen LogP contribution is -2.43. The standard InChI is InChI=1S/C25H26Cl2O3/c1-5-14-6-8-16(30-20-9-7-15(26)12-19(20)27)13-17(14)21-22(28)18-10-11-25(4,23(21)29)24(18,2)3/h6-9,12-13,18,29H,5,10-11H2,1-4H3/t18-,25-/m1/s1. The van der Waals surface area contributed by atoms with Crippen molar-refractivity contribution in [1.29, 1.82) is 0 Å². The first-order chi connectivity index (χ1) is 14.1. The van der Waals surface area contributed by atoms with Crippen molar-refractivity contribution in [3.05, 3.63) is 63.3 Å². The fourth-order valence-corrected chi connectivity index (χ4v) is 5.50. The van der Waals surface area contributed by atoms with Gasteiger partial charge in [-0.25, -0.2) is 0 Å². The van der Waals surface area contributed by atoms with Crippen LogP contribution >= 0.6 is 23.2 Å². The van der Waals surface area contributed by atoms with Crippen molar-refractivity contribution in [2.45, 2.75) is 47.0 Å². The first-order valence-electron chi connectivity index (χ1n) is 10.3. The van der Waals surface area contributed by atoms with E-state index in [1.165, 1.54) is 0 Å². The van der Waals surface area contributed by atoms with Gasteiger partial charge in [-0.2, -0.15) is 0 Å². The fraction of sp³-hybridized carbons (Fsp3) is 0.400. The predicted octanol–water partition coefficient (Wildman–Crippen LogP) is 7.64. The van der Waals surface area contributed by atoms with Gasteiger partial charge in [0.15, 0.2) is 5.78 Å². The van der Waals surface area contributed by atoms with Crippen LogP contribution in [0.1, 0.15) is 51.7 Å². The molecule has 2 bridgehead atoms. The lowest BCUT2D eigenvalue weighted by atomic mass is 9.58. The molecule has 2 aliphatic rings. The zero-order valence-corrected chi connectivity index (χ0v) is 19.2. The van der Waals surface area contributed by atoms with E-state index in [1.54, 1.807) is 18.2 Å². The molecule has 0 spiro atoms. The molecule has 4 rings (SSSR count). The van der Waals surface area contributed by atoms with E-state index in [0.29, 0.717) is 27.1 Å². The maximum Gasteiger partial charge on any atom is 0.170 e. The maximum absolute atomic E-state index is 13.5. The van der Waals surface area contributed by atoms with Gasteiger partial charge in [-0.15, -0.1) is 0 Å². The predicted molar refractivity (Wildman–Crippen MR) is 122 cm³/mol. The Kier molecular flexibility index (Phi) is 5.19. The van der Waals surface area contributed by atoms with Crippen LogP contribution in [-0.4, -0.2) is 10.9 Å². The van der Waals surface area contributed by atoms with Crippen molar-refractivity contribution in [2.24, 2.45) is 16.7 Å². The molecule has 0 amide bonds. The summed E-state index contributed by atoms with van der Waals surface area (Å²) < 4.78 is 5.99. The summed E-state index contributed by atoms with van der Waals surface area (Å²) in [5.74, 6) is 1.19. The summed E-state index contributed by atoms with van der Waals surface area (Å²) in [6.07, 6.45) is 2.35. The molecule has 0 unspecified atom stereocenters. The first-order valence-corrected chi connectivity index (χ1v) is 11.1. The molecule has 158 valence electrons. The van der Waals surface area contributed by atoms with Crippen molar-refractivity contribution in [1.82, 2.24) is 0 Å². The minimum Gasteiger partial charge on any atom is -0.511 e. The highest BCUT2D eigenvalue weighted by molar-refractivity contribution is 6.35. The molecule has 0 saturated heterocycles. The molecule has 0 aliphatic heterocycles. The highest BCUT2D eigenvalue weighted by Gasteiger charge is 2.61. The average Bonchev–Trinajstić information content (AvgIpc) is 2.87. The largest absolute Gasteiger partial charge is 0.511 e. The number of aliphatic hydroxyl groups excluding tert-OH is 1. The quantitative estimate of drug-likeness (QED) is 0.526. The third-order valence-electron chi connectivity index (χ3n) is 7.40. The lowest BCUT2D eigenvalue weighted by Gasteiger charge is -2.45. The number of carbonyl (C=O) groups is 1. The van der Waals surface area contributed by atoms with Gasteiger partial charge in [-0.1, -0.05) is 57.0 Å². The molecule has 2 aromatic rings. The van der Waals surface area contributed by atoms with Crippen LogP contribution in [0, 0.1) is 16.7 Å². The van der Waals surface area contributed by atoms with E-state index in [1.807, 2.05) is 25.1 Å². The van der Waals surface area contributed by atoms with Gasteiger partial charge in [0.25, 0.3) is 0 Å². The van der Waals surface area contributed by atoms with Crippen LogP contribution in [0.2, 0.25) is 10.0 Å². The lowest BCUT2D eigenvalue weighted by molar-refractivity contribution is -0.122. The molecule has 30 heavy (non-hydrogen) atoms. The topological polar surface area (TPSA) is 46.5 Å². The van der Waals surface area contributed by atoms with Gasteiger partial charge >= 0.3 is 0 Å². The fourth-order valence-electron chi connectivity index (χ4n) is 5.06. The monoisotopic (exact) mass is 444 g/mol. The number of hydrogen-bond acceptors (Lipinski definition) is 3. The number of ether oxygens (including phenoxy) is 1. The number of benzene rings is 2. The van der Waals surface area contributed by atoms with Gasteiger partial charge in [-0.05, 0) is 66.1 Å². The summed E-state index contributed by atoms with van der Waals surface area (Å²) in [5, 5.41) is 12.3. The van der Waals surface area contributed by atoms with Gasteiger partial charge in [0.2, 0.25) is 0 Å². The second-order valence-electron chi connectivity index (χ2n) is 9.08. The van der Waals surface area contributed by atoms with E-state index in [9.17, 15) is 9.90 Å². The molecule has 0 radical (unpaired) electrons. The smallest absolute Gasteiger partial charge is 0.170 e. The Morgan fingerprint density at radius 2 is 1.87 bits per heavy atom. The van der Waals surface area contributed by atoms with Crippen LogP contribution in [0.15, 0.2) is 42.2 Å². The summed E-state index contributed by atoms with van der Waals surface area (Å²) in [4.78, 5) is 13.5. The second-order valence-corrected chi connectivity index (χ2v) is 9.93. The van der Waals surface area contributed by atoms with Crippen LogP contribution in [-0.2, 0) is 11.2 Å². The summed E-state index contributed by atoms with van der Waals surface area (Å²) in [5.41, 5.74) is 1.51. The number of ketones is 1. The van der Waals surface area contributed by atoms with E-state index in [0.717, 1.165) is 30.4 Å². The van der Waals surface area contributed by atoms with Crippen LogP contribution < -0.4 is 4.74 Å². The Labute approximate surface area is 187 Å². The summed E-state index contributed by atoms with van der Waals surface area (Å²) in [7, 11) is 0. The van der Waals surface area contributed by atoms with Gasteiger partial charge < -0.3 is 9.84 Å². The van der Waals surface area contributed by atoms with E-state index in [-0.39, 0.29) is 22.9 Å². The Morgan fingerprint density at radius 3 is 2.53 bits per heavy atom. The molecule has 5 heteroatoms. The van der Waals surface area contributed by atoms with E-state index >= 15 is 0 Å². The van der Waals surface area contributed by atoms with E-state index < -0.39 is 5.41 Å². The van der Waals surface area contributed by atoms with E-state index in [4.69, 9.17) is 27.9 Å². The molecule has 2 aromatic carbocycles. The molecule has 1 fully saturated rings. The van der Waals surface area contributed by atoms with Crippen LogP contribution in [0.3, 0.4) is 0 Å². The minimum absolute atomic E-state index is 0.0313. The zero-order valence-electron chi connectivity index (χ0n) is 17.7. The number of aliphatic hydroxyl groups is 1. The van der Waals surface area contributed by atoms with E-state index in [2.05, 4.69) is 20.8 Å². The summed E-state index contributed by atoms with van der Waals surface area (Å²) in [6, 6.07) is 10.7. The molecule has 3 nitrogen and oxygen atoms in total. The molecule has 1 N–H and O–H groups in total. The van der Waals surface area contributed by atoms with Gasteiger partial charge in [0.1, 0.15) is 17.3 Å². The molecular formula is C25H26Cl2O3. The summed E-state index contributed by atoms with van der Waals surface area (Å²) in [6.45, 7) is 8.31. The first kappa shape index (κ1) is 21.3. The zero-order chi connectivity index (χ0) is 21.8. The van der Waals surface area contributed by atoms with Crippen LogP contribution in [0.4, 0.5) is 0 Å². The molecule has 2 atom stereocenters.